The van der Waals surface area contributed by atoms with Crippen molar-refractivity contribution < 1.29 is 4.79 Å². The van der Waals surface area contributed by atoms with E-state index in [-0.39, 0.29) is 5.78 Å². The zero-order chi connectivity index (χ0) is 16.2. The third-order valence-corrected chi connectivity index (χ3v) is 3.91. The molecule has 0 atom stereocenters. The molecule has 23 heavy (non-hydrogen) atoms. The number of hydrogen-bond donors (Lipinski definition) is 0. The number of carbonyl (C=O) groups is 1. The van der Waals surface area contributed by atoms with Gasteiger partial charge >= 0.3 is 0 Å². The van der Waals surface area contributed by atoms with Crippen LogP contribution in [0.5, 0.6) is 0 Å². The summed E-state index contributed by atoms with van der Waals surface area (Å²) < 4.78 is 0. The number of hydrogen-bond acceptors (Lipinski definition) is 2. The Morgan fingerprint density at radius 2 is 1.57 bits per heavy atom. The Kier molecular flexibility index (Phi) is 4.24. The summed E-state index contributed by atoms with van der Waals surface area (Å²) in [5.41, 5.74) is 2.84. The summed E-state index contributed by atoms with van der Waals surface area (Å²) in [6.45, 7) is 0. The third kappa shape index (κ3) is 3.32. The number of allylic oxidation sites excluding steroid dienone is 1. The van der Waals surface area contributed by atoms with Crippen molar-refractivity contribution in [3.05, 3.63) is 83.9 Å². The molecule has 0 aliphatic heterocycles. The van der Waals surface area contributed by atoms with Crippen molar-refractivity contribution in [1.29, 1.82) is 0 Å². The molecule has 0 N–H and O–H groups in total. The molecule has 3 rings (SSSR count). The van der Waals surface area contributed by atoms with E-state index in [0.717, 1.165) is 16.6 Å². The molecular weight excluding hydrogens is 282 g/mol. The van der Waals surface area contributed by atoms with Gasteiger partial charge in [-0.15, -0.1) is 0 Å². The smallest absolute Gasteiger partial charge is 0.185 e. The van der Waals surface area contributed by atoms with Gasteiger partial charge in [-0.25, -0.2) is 0 Å². The van der Waals surface area contributed by atoms with Gasteiger partial charge in [-0.2, -0.15) is 0 Å². The molecule has 0 aliphatic carbocycles. The summed E-state index contributed by atoms with van der Waals surface area (Å²) in [6, 6.07) is 22.0. The lowest BCUT2D eigenvalue weighted by atomic mass is 10.0. The van der Waals surface area contributed by atoms with Gasteiger partial charge in [0.2, 0.25) is 0 Å². The molecule has 0 heterocycles. The van der Waals surface area contributed by atoms with Crippen LogP contribution in [0, 0.1) is 0 Å². The highest BCUT2D eigenvalue weighted by atomic mass is 16.1. The van der Waals surface area contributed by atoms with Crippen molar-refractivity contribution in [2.45, 2.75) is 0 Å². The van der Waals surface area contributed by atoms with Crippen LogP contribution in [0.15, 0.2) is 72.8 Å². The van der Waals surface area contributed by atoms with Crippen LogP contribution in [0.2, 0.25) is 0 Å². The summed E-state index contributed by atoms with van der Waals surface area (Å²) in [7, 11) is 3.97. The van der Waals surface area contributed by atoms with Gasteiger partial charge in [0.15, 0.2) is 5.78 Å². The van der Waals surface area contributed by atoms with Crippen LogP contribution in [-0.2, 0) is 0 Å². The minimum atomic E-state index is 0.0169. The highest BCUT2D eigenvalue weighted by Gasteiger charge is 2.03. The van der Waals surface area contributed by atoms with Gasteiger partial charge in [0.1, 0.15) is 0 Å². The van der Waals surface area contributed by atoms with Crippen molar-refractivity contribution in [2.75, 3.05) is 19.0 Å². The fourth-order valence-corrected chi connectivity index (χ4v) is 2.58. The lowest BCUT2D eigenvalue weighted by Gasteiger charge is -2.11. The van der Waals surface area contributed by atoms with Crippen molar-refractivity contribution in [1.82, 2.24) is 0 Å². The molecule has 0 fully saturated rings. The summed E-state index contributed by atoms with van der Waals surface area (Å²) in [5, 5.41) is 2.33. The van der Waals surface area contributed by atoms with E-state index in [1.54, 1.807) is 6.08 Å². The van der Waals surface area contributed by atoms with Crippen LogP contribution >= 0.6 is 0 Å². The Labute approximate surface area is 136 Å². The van der Waals surface area contributed by atoms with Gasteiger partial charge in [-0.1, -0.05) is 48.5 Å². The van der Waals surface area contributed by atoms with Crippen LogP contribution in [0.4, 0.5) is 5.69 Å². The maximum absolute atomic E-state index is 12.3. The van der Waals surface area contributed by atoms with E-state index in [9.17, 15) is 4.79 Å². The topological polar surface area (TPSA) is 20.3 Å². The standard InChI is InChI=1S/C21H19NO/c1-22(2)19-13-10-18(11-14-19)21(23)15-12-17-8-5-7-16-6-3-4-9-20(16)17/h3-15H,1-2H3/b15-12+. The van der Waals surface area contributed by atoms with Crippen molar-refractivity contribution in [2.24, 2.45) is 0 Å². The van der Waals surface area contributed by atoms with E-state index >= 15 is 0 Å². The van der Waals surface area contributed by atoms with Crippen LogP contribution < -0.4 is 4.90 Å². The van der Waals surface area contributed by atoms with Crippen molar-refractivity contribution >= 4 is 28.3 Å². The number of benzene rings is 3. The maximum Gasteiger partial charge on any atom is 0.185 e. The van der Waals surface area contributed by atoms with E-state index in [1.165, 1.54) is 5.39 Å². The second-order valence-electron chi connectivity index (χ2n) is 5.71. The predicted octanol–water partition coefficient (Wildman–Crippen LogP) is 4.80. The monoisotopic (exact) mass is 301 g/mol. The second-order valence-corrected chi connectivity index (χ2v) is 5.71. The highest BCUT2D eigenvalue weighted by Crippen LogP contribution is 2.20. The summed E-state index contributed by atoms with van der Waals surface area (Å²) >= 11 is 0. The molecule has 2 nitrogen and oxygen atoms in total. The second kappa shape index (κ2) is 6.49. The number of fused-ring (bicyclic) bond motifs is 1. The Morgan fingerprint density at radius 1 is 0.870 bits per heavy atom. The van der Waals surface area contributed by atoms with E-state index in [0.29, 0.717) is 5.56 Å². The first-order valence-electron chi connectivity index (χ1n) is 7.63. The quantitative estimate of drug-likeness (QED) is 0.509. The van der Waals surface area contributed by atoms with Crippen LogP contribution in [0.3, 0.4) is 0 Å². The molecule has 2 heteroatoms. The largest absolute Gasteiger partial charge is 0.378 e. The molecule has 3 aromatic carbocycles. The molecule has 0 spiro atoms. The molecule has 0 aromatic heterocycles. The Morgan fingerprint density at radius 3 is 2.30 bits per heavy atom. The number of nitrogens with zero attached hydrogens (tertiary/aromatic N) is 1. The van der Waals surface area contributed by atoms with Gasteiger partial charge in [0, 0.05) is 25.3 Å². The molecule has 0 radical (unpaired) electrons. The fraction of sp³-hybridized carbons (Fsp3) is 0.0952. The fourth-order valence-electron chi connectivity index (χ4n) is 2.58. The first-order chi connectivity index (χ1) is 11.1. The number of anilines is 1. The summed E-state index contributed by atoms with van der Waals surface area (Å²) in [6.07, 6.45) is 3.54. The molecule has 0 saturated carbocycles. The lowest BCUT2D eigenvalue weighted by Crippen LogP contribution is -2.08. The van der Waals surface area contributed by atoms with Crippen molar-refractivity contribution in [3.63, 3.8) is 0 Å². The molecule has 0 saturated heterocycles. The molecule has 0 bridgehead atoms. The van der Waals surface area contributed by atoms with Crippen LogP contribution in [0.25, 0.3) is 16.8 Å². The van der Waals surface area contributed by atoms with Gasteiger partial charge in [-0.05, 0) is 46.7 Å². The Hall–Kier alpha value is -2.87. The lowest BCUT2D eigenvalue weighted by molar-refractivity contribution is 0.104. The zero-order valence-corrected chi connectivity index (χ0v) is 13.4. The van der Waals surface area contributed by atoms with Crippen LogP contribution in [-0.4, -0.2) is 19.9 Å². The highest BCUT2D eigenvalue weighted by molar-refractivity contribution is 6.08. The minimum absolute atomic E-state index is 0.0169. The Balaban J connectivity index is 1.85. The first kappa shape index (κ1) is 15.0. The SMILES string of the molecule is CN(C)c1ccc(C(=O)/C=C/c2cccc3ccccc23)cc1. The zero-order valence-electron chi connectivity index (χ0n) is 13.4. The van der Waals surface area contributed by atoms with Gasteiger partial charge in [0.05, 0.1) is 0 Å². The van der Waals surface area contributed by atoms with E-state index in [4.69, 9.17) is 0 Å². The molecule has 0 amide bonds. The number of rotatable bonds is 4. The molecule has 3 aromatic rings. The predicted molar refractivity (Wildman–Crippen MR) is 98.1 cm³/mol. The molecule has 0 unspecified atom stereocenters. The average Bonchev–Trinajstić information content (AvgIpc) is 2.59. The van der Waals surface area contributed by atoms with E-state index < -0.39 is 0 Å². The molecular formula is C21H19NO. The minimum Gasteiger partial charge on any atom is -0.378 e. The van der Waals surface area contributed by atoms with E-state index in [2.05, 4.69) is 18.2 Å². The maximum atomic E-state index is 12.3. The molecule has 0 aliphatic rings. The Bertz CT molecular complexity index is 855. The average molecular weight is 301 g/mol. The number of ketones is 1. The van der Waals surface area contributed by atoms with E-state index in [1.807, 2.05) is 73.6 Å². The normalized spacial score (nSPS) is 11.0. The summed E-state index contributed by atoms with van der Waals surface area (Å²) in [4.78, 5) is 14.3. The van der Waals surface area contributed by atoms with Gasteiger partial charge < -0.3 is 4.90 Å². The molecule has 114 valence electrons. The third-order valence-electron chi connectivity index (χ3n) is 3.91. The first-order valence-corrected chi connectivity index (χ1v) is 7.63. The van der Waals surface area contributed by atoms with Gasteiger partial charge in [-0.3, -0.25) is 4.79 Å². The van der Waals surface area contributed by atoms with Crippen molar-refractivity contribution in [3.8, 4) is 0 Å². The number of carbonyl (C=O) groups excluding carboxylic acids is 1. The van der Waals surface area contributed by atoms with Crippen LogP contribution in [0.1, 0.15) is 15.9 Å². The van der Waals surface area contributed by atoms with Gasteiger partial charge in [0.25, 0.3) is 0 Å². The summed E-state index contributed by atoms with van der Waals surface area (Å²) in [5.74, 6) is 0.0169.